The van der Waals surface area contributed by atoms with Gasteiger partial charge in [-0.1, -0.05) is 18.2 Å². The Bertz CT molecular complexity index is 748. The molecule has 1 aromatic carbocycles. The van der Waals surface area contributed by atoms with Crippen molar-refractivity contribution in [3.63, 3.8) is 0 Å². The number of rotatable bonds is 5. The number of ether oxygens (including phenoxy) is 1. The molecule has 2 aromatic rings. The lowest BCUT2D eigenvalue weighted by Crippen LogP contribution is -2.50. The molecule has 2 heterocycles. The molecule has 1 saturated heterocycles. The Morgan fingerprint density at radius 2 is 2.08 bits per heavy atom. The van der Waals surface area contributed by atoms with Gasteiger partial charge in [0.25, 0.3) is 5.91 Å². The van der Waals surface area contributed by atoms with Gasteiger partial charge in [-0.15, -0.1) is 0 Å². The largest absolute Gasteiger partial charge is 0.481 e. The summed E-state index contributed by atoms with van der Waals surface area (Å²) in [5.41, 5.74) is 0.0240. The first-order chi connectivity index (χ1) is 11.5. The minimum Gasteiger partial charge on any atom is -0.481 e. The molecule has 24 heavy (non-hydrogen) atoms. The molecule has 1 aliphatic rings. The Morgan fingerprint density at radius 3 is 2.71 bits per heavy atom. The van der Waals surface area contributed by atoms with Crippen molar-refractivity contribution < 1.29 is 23.8 Å². The van der Waals surface area contributed by atoms with E-state index < -0.39 is 17.4 Å². The maximum Gasteiger partial charge on any atom is 0.305 e. The Hall–Kier alpha value is -2.67. The summed E-state index contributed by atoms with van der Waals surface area (Å²) < 4.78 is 10.9. The SMILES string of the molecule is Cc1oc(-c2ccccc2)nc1C(=O)NC1(CC(=O)O)CCOC1. The van der Waals surface area contributed by atoms with Crippen molar-refractivity contribution in [2.45, 2.75) is 25.3 Å². The standard InChI is InChI=1S/C17H18N2O5/c1-11-14(18-16(24-11)12-5-3-2-4-6-12)15(22)19-17(9-13(20)21)7-8-23-10-17/h2-6H,7-10H2,1H3,(H,19,22)(H,20,21). The van der Waals surface area contributed by atoms with E-state index in [0.29, 0.717) is 24.7 Å². The zero-order chi connectivity index (χ0) is 17.2. The number of aromatic nitrogens is 1. The van der Waals surface area contributed by atoms with Crippen LogP contribution in [0.1, 0.15) is 29.1 Å². The highest BCUT2D eigenvalue weighted by atomic mass is 16.5. The van der Waals surface area contributed by atoms with Crippen LogP contribution in [0.5, 0.6) is 0 Å². The molecule has 1 amide bonds. The van der Waals surface area contributed by atoms with Crippen molar-refractivity contribution in [2.24, 2.45) is 0 Å². The molecule has 7 heteroatoms. The molecule has 3 rings (SSSR count). The fourth-order valence-corrected chi connectivity index (χ4v) is 2.79. The fourth-order valence-electron chi connectivity index (χ4n) is 2.79. The summed E-state index contributed by atoms with van der Waals surface area (Å²) in [6.45, 7) is 2.25. The second-order valence-corrected chi connectivity index (χ2v) is 5.90. The Balaban J connectivity index is 1.82. The third kappa shape index (κ3) is 3.30. The van der Waals surface area contributed by atoms with E-state index in [2.05, 4.69) is 10.3 Å². The normalized spacial score (nSPS) is 20.0. The minimum absolute atomic E-state index is 0.158. The monoisotopic (exact) mass is 330 g/mol. The summed E-state index contributed by atoms with van der Waals surface area (Å²) in [5, 5.41) is 11.9. The number of nitrogens with zero attached hydrogens (tertiary/aromatic N) is 1. The first kappa shape index (κ1) is 16.2. The number of nitrogens with one attached hydrogen (secondary N) is 1. The first-order valence-corrected chi connectivity index (χ1v) is 7.64. The molecule has 0 radical (unpaired) electrons. The smallest absolute Gasteiger partial charge is 0.305 e. The first-order valence-electron chi connectivity index (χ1n) is 7.64. The third-order valence-corrected chi connectivity index (χ3v) is 4.00. The molecule has 1 fully saturated rings. The predicted molar refractivity (Wildman–Crippen MR) is 84.6 cm³/mol. The molecule has 1 unspecified atom stereocenters. The third-order valence-electron chi connectivity index (χ3n) is 4.00. The van der Waals surface area contributed by atoms with Gasteiger partial charge in [0.1, 0.15) is 5.76 Å². The number of aryl methyl sites for hydroxylation is 1. The molecule has 1 aliphatic heterocycles. The van der Waals surface area contributed by atoms with E-state index in [1.54, 1.807) is 6.92 Å². The van der Waals surface area contributed by atoms with Gasteiger partial charge in [-0.3, -0.25) is 9.59 Å². The average Bonchev–Trinajstić information content (AvgIpc) is 3.14. The van der Waals surface area contributed by atoms with E-state index in [0.717, 1.165) is 5.56 Å². The number of carboxylic acid groups (broad SMARTS) is 1. The number of oxazole rings is 1. The van der Waals surface area contributed by atoms with Crippen molar-refractivity contribution in [3.05, 3.63) is 41.8 Å². The summed E-state index contributed by atoms with van der Waals surface area (Å²) in [6, 6.07) is 9.26. The highest BCUT2D eigenvalue weighted by Crippen LogP contribution is 2.25. The van der Waals surface area contributed by atoms with Gasteiger partial charge >= 0.3 is 5.97 Å². The number of hydrogen-bond acceptors (Lipinski definition) is 5. The van der Waals surface area contributed by atoms with Crippen LogP contribution in [-0.4, -0.2) is 40.7 Å². The van der Waals surface area contributed by atoms with E-state index >= 15 is 0 Å². The van der Waals surface area contributed by atoms with Gasteiger partial charge in [0.05, 0.1) is 18.6 Å². The van der Waals surface area contributed by atoms with Crippen molar-refractivity contribution >= 4 is 11.9 Å². The van der Waals surface area contributed by atoms with Crippen molar-refractivity contribution in [1.29, 1.82) is 0 Å². The quantitative estimate of drug-likeness (QED) is 0.869. The summed E-state index contributed by atoms with van der Waals surface area (Å²) in [5.74, 6) is -0.697. The van der Waals surface area contributed by atoms with E-state index in [4.69, 9.17) is 14.3 Å². The lowest BCUT2D eigenvalue weighted by atomic mass is 9.94. The van der Waals surface area contributed by atoms with E-state index in [-0.39, 0.29) is 18.7 Å². The maximum absolute atomic E-state index is 12.6. The van der Waals surface area contributed by atoms with Gasteiger partial charge < -0.3 is 19.6 Å². The van der Waals surface area contributed by atoms with Crippen LogP contribution in [0.3, 0.4) is 0 Å². The molecule has 2 N–H and O–H groups in total. The van der Waals surface area contributed by atoms with Gasteiger partial charge in [0, 0.05) is 12.2 Å². The highest BCUT2D eigenvalue weighted by Gasteiger charge is 2.39. The maximum atomic E-state index is 12.6. The van der Waals surface area contributed by atoms with E-state index in [9.17, 15) is 9.59 Å². The van der Waals surface area contributed by atoms with Crippen LogP contribution in [0.4, 0.5) is 0 Å². The van der Waals surface area contributed by atoms with Crippen LogP contribution in [0.15, 0.2) is 34.7 Å². The van der Waals surface area contributed by atoms with Gasteiger partial charge in [-0.05, 0) is 25.5 Å². The number of carbonyl (C=O) groups is 2. The number of aliphatic carboxylic acids is 1. The van der Waals surface area contributed by atoms with Gasteiger partial charge in [0.15, 0.2) is 5.69 Å². The molecule has 1 atom stereocenters. The second-order valence-electron chi connectivity index (χ2n) is 5.90. The average molecular weight is 330 g/mol. The van der Waals surface area contributed by atoms with Gasteiger partial charge in [-0.25, -0.2) is 4.98 Å². The van der Waals surface area contributed by atoms with Crippen LogP contribution in [0.2, 0.25) is 0 Å². The Labute approximate surface area is 138 Å². The molecule has 1 aromatic heterocycles. The number of hydrogen-bond donors (Lipinski definition) is 2. The van der Waals surface area contributed by atoms with Crippen LogP contribution in [0, 0.1) is 6.92 Å². The number of carbonyl (C=O) groups excluding carboxylic acids is 1. The van der Waals surface area contributed by atoms with Crippen molar-refractivity contribution in [3.8, 4) is 11.5 Å². The summed E-state index contributed by atoms with van der Waals surface area (Å²) >= 11 is 0. The topological polar surface area (TPSA) is 102 Å². The second kappa shape index (κ2) is 6.45. The molecular formula is C17H18N2O5. The fraction of sp³-hybridized carbons (Fsp3) is 0.353. The number of carboxylic acids is 1. The van der Waals surface area contributed by atoms with Crippen molar-refractivity contribution in [1.82, 2.24) is 10.3 Å². The summed E-state index contributed by atoms with van der Waals surface area (Å²) in [4.78, 5) is 27.9. The van der Waals surface area contributed by atoms with Crippen LogP contribution in [0.25, 0.3) is 11.5 Å². The van der Waals surface area contributed by atoms with Gasteiger partial charge in [-0.2, -0.15) is 0 Å². The van der Waals surface area contributed by atoms with Crippen LogP contribution in [-0.2, 0) is 9.53 Å². The number of benzene rings is 1. The minimum atomic E-state index is -0.984. The zero-order valence-corrected chi connectivity index (χ0v) is 13.2. The molecular weight excluding hydrogens is 312 g/mol. The lowest BCUT2D eigenvalue weighted by Gasteiger charge is -2.26. The van der Waals surface area contributed by atoms with Crippen LogP contribution >= 0.6 is 0 Å². The summed E-state index contributed by atoms with van der Waals surface area (Å²) in [7, 11) is 0. The zero-order valence-electron chi connectivity index (χ0n) is 13.2. The van der Waals surface area contributed by atoms with Gasteiger partial charge in [0.2, 0.25) is 5.89 Å². The van der Waals surface area contributed by atoms with Crippen molar-refractivity contribution in [2.75, 3.05) is 13.2 Å². The molecule has 0 saturated carbocycles. The predicted octanol–water partition coefficient (Wildman–Crippen LogP) is 2.01. The highest BCUT2D eigenvalue weighted by molar-refractivity contribution is 5.94. The molecule has 0 aliphatic carbocycles. The number of amides is 1. The van der Waals surface area contributed by atoms with E-state index in [1.807, 2.05) is 30.3 Å². The Kier molecular flexibility index (Phi) is 4.35. The molecule has 7 nitrogen and oxygen atoms in total. The molecule has 0 spiro atoms. The lowest BCUT2D eigenvalue weighted by molar-refractivity contribution is -0.138. The Morgan fingerprint density at radius 1 is 1.33 bits per heavy atom. The summed E-state index contributed by atoms with van der Waals surface area (Å²) in [6.07, 6.45) is 0.259. The molecule has 0 bridgehead atoms. The van der Waals surface area contributed by atoms with E-state index in [1.165, 1.54) is 0 Å². The van der Waals surface area contributed by atoms with Crippen LogP contribution < -0.4 is 5.32 Å². The molecule has 126 valence electrons.